The van der Waals surface area contributed by atoms with Crippen molar-refractivity contribution in [2.24, 2.45) is 0 Å². The van der Waals surface area contributed by atoms with E-state index in [0.717, 1.165) is 0 Å². The van der Waals surface area contributed by atoms with E-state index in [2.05, 4.69) is 20.4 Å². The van der Waals surface area contributed by atoms with Crippen LogP contribution in [0.3, 0.4) is 0 Å². The van der Waals surface area contributed by atoms with Crippen LogP contribution in [0.25, 0.3) is 11.2 Å². The molecule has 2 aromatic rings. The first-order chi connectivity index (χ1) is 9.74. The van der Waals surface area contributed by atoms with Crippen LogP contribution in [0.1, 0.15) is 12.6 Å². The van der Waals surface area contributed by atoms with Crippen molar-refractivity contribution >= 4 is 17.0 Å². The smallest absolute Gasteiger partial charge is 0.181 e. The van der Waals surface area contributed by atoms with E-state index in [9.17, 15) is 4.39 Å². The molecule has 1 saturated heterocycles. The van der Waals surface area contributed by atoms with E-state index in [-0.39, 0.29) is 13.0 Å². The van der Waals surface area contributed by atoms with Gasteiger partial charge in [0.25, 0.3) is 0 Å². The molecular weight excluding hydrogens is 269 g/mol. The number of hydrogen-bond donors (Lipinski definition) is 2. The third kappa shape index (κ3) is 2.09. The number of rotatable bonds is 4. The maximum absolute atomic E-state index is 14.0. The summed E-state index contributed by atoms with van der Waals surface area (Å²) in [6.45, 7) is -0.213. The van der Waals surface area contributed by atoms with Crippen LogP contribution < -0.4 is 5.48 Å². The molecule has 2 aromatic heterocycles. The number of aliphatic hydroxyl groups excluding tert-OH is 1. The summed E-state index contributed by atoms with van der Waals surface area (Å²) in [5.41, 5.74) is 3.48. The lowest BCUT2D eigenvalue weighted by Crippen LogP contribution is -2.16. The largest absolute Gasteiger partial charge is 0.394 e. The second-order valence-electron chi connectivity index (χ2n) is 4.44. The number of nitrogens with zero attached hydrogens (tertiary/aromatic N) is 4. The van der Waals surface area contributed by atoms with E-state index < -0.39 is 18.5 Å². The number of halogens is 1. The van der Waals surface area contributed by atoms with Crippen molar-refractivity contribution in [3.05, 3.63) is 12.7 Å². The molecule has 3 atom stereocenters. The van der Waals surface area contributed by atoms with E-state index in [0.29, 0.717) is 17.0 Å². The van der Waals surface area contributed by atoms with E-state index in [1.807, 2.05) is 0 Å². The molecule has 0 aliphatic carbocycles. The van der Waals surface area contributed by atoms with Crippen molar-refractivity contribution in [1.82, 2.24) is 19.5 Å². The Balaban J connectivity index is 1.99. The highest BCUT2D eigenvalue weighted by atomic mass is 19.1. The van der Waals surface area contributed by atoms with Gasteiger partial charge < -0.3 is 9.84 Å². The molecule has 3 heterocycles. The molecule has 8 nitrogen and oxygen atoms in total. The summed E-state index contributed by atoms with van der Waals surface area (Å²) in [4.78, 5) is 17.0. The van der Waals surface area contributed by atoms with Crippen LogP contribution in [0.5, 0.6) is 0 Å². The van der Waals surface area contributed by atoms with Gasteiger partial charge in [0.15, 0.2) is 23.2 Å². The normalized spacial score (nSPS) is 26.2. The third-order valence-electron chi connectivity index (χ3n) is 3.16. The molecule has 0 saturated carbocycles. The van der Waals surface area contributed by atoms with Gasteiger partial charge in [0.05, 0.1) is 26.1 Å². The first-order valence-electron chi connectivity index (χ1n) is 6.11. The highest BCUT2D eigenvalue weighted by Gasteiger charge is 2.37. The zero-order valence-electron chi connectivity index (χ0n) is 10.7. The summed E-state index contributed by atoms with van der Waals surface area (Å²) in [5.74, 6) is 0.392. The Morgan fingerprint density at radius 3 is 3.10 bits per heavy atom. The molecule has 0 spiro atoms. The number of aliphatic hydroxyl groups is 1. The molecule has 20 heavy (non-hydrogen) atoms. The Morgan fingerprint density at radius 2 is 2.40 bits per heavy atom. The molecule has 0 unspecified atom stereocenters. The fourth-order valence-corrected chi connectivity index (χ4v) is 2.27. The number of nitrogens with one attached hydrogen (secondary N) is 1. The minimum atomic E-state index is -1.22. The fraction of sp³-hybridized carbons (Fsp3) is 0.545. The molecule has 1 aliphatic rings. The van der Waals surface area contributed by atoms with Crippen LogP contribution in [-0.2, 0) is 9.57 Å². The molecular formula is C11H14FN5O3. The Morgan fingerprint density at radius 1 is 1.55 bits per heavy atom. The number of aromatic nitrogens is 4. The summed E-state index contributed by atoms with van der Waals surface area (Å²) >= 11 is 0. The SMILES string of the molecule is CONc1ncnc2c1ncn2[C@@H]1O[C@H](CO)C[C@@H]1F. The second-order valence-corrected chi connectivity index (χ2v) is 4.44. The lowest BCUT2D eigenvalue weighted by Gasteiger charge is -2.15. The summed E-state index contributed by atoms with van der Waals surface area (Å²) < 4.78 is 21.0. The molecule has 1 fully saturated rings. The van der Waals surface area contributed by atoms with Crippen LogP contribution in [0.2, 0.25) is 0 Å². The van der Waals surface area contributed by atoms with Crippen LogP contribution in [0.4, 0.5) is 10.2 Å². The molecule has 0 bridgehead atoms. The predicted octanol–water partition coefficient (Wildman–Crippen LogP) is 0.417. The highest BCUT2D eigenvalue weighted by Crippen LogP contribution is 2.33. The van der Waals surface area contributed by atoms with Crippen molar-refractivity contribution in [1.29, 1.82) is 0 Å². The van der Waals surface area contributed by atoms with Crippen LogP contribution in [0, 0.1) is 0 Å². The summed E-state index contributed by atoms with van der Waals surface area (Å²) in [6.07, 6.45) is 0.339. The number of fused-ring (bicyclic) bond motifs is 1. The van der Waals surface area contributed by atoms with Gasteiger partial charge in [-0.05, 0) is 0 Å². The minimum absolute atomic E-state index is 0.148. The summed E-state index contributed by atoms with van der Waals surface area (Å²) in [5, 5.41) is 9.06. The number of imidazole rings is 1. The maximum atomic E-state index is 14.0. The van der Waals surface area contributed by atoms with E-state index in [1.54, 1.807) is 0 Å². The van der Waals surface area contributed by atoms with E-state index in [1.165, 1.54) is 24.3 Å². The highest BCUT2D eigenvalue weighted by molar-refractivity contribution is 5.82. The van der Waals surface area contributed by atoms with Crippen molar-refractivity contribution in [2.45, 2.75) is 24.9 Å². The number of alkyl halides is 1. The number of hydrogen-bond acceptors (Lipinski definition) is 7. The average Bonchev–Trinajstić information content (AvgIpc) is 3.03. The maximum Gasteiger partial charge on any atom is 0.181 e. The van der Waals surface area contributed by atoms with Gasteiger partial charge in [-0.1, -0.05) is 0 Å². The molecule has 3 rings (SSSR count). The first kappa shape index (κ1) is 13.2. The second kappa shape index (κ2) is 5.27. The van der Waals surface area contributed by atoms with E-state index in [4.69, 9.17) is 14.7 Å². The van der Waals surface area contributed by atoms with Crippen molar-refractivity contribution in [2.75, 3.05) is 19.2 Å². The number of ether oxygens (including phenoxy) is 1. The van der Waals surface area contributed by atoms with Crippen molar-refractivity contribution in [3.63, 3.8) is 0 Å². The quantitative estimate of drug-likeness (QED) is 0.785. The molecule has 0 radical (unpaired) electrons. The van der Waals surface area contributed by atoms with Crippen LogP contribution in [-0.4, -0.2) is 50.6 Å². The zero-order chi connectivity index (χ0) is 14.1. The van der Waals surface area contributed by atoms with Gasteiger partial charge in [-0.2, -0.15) is 0 Å². The first-order valence-corrected chi connectivity index (χ1v) is 6.11. The Labute approximate surface area is 113 Å². The monoisotopic (exact) mass is 283 g/mol. The van der Waals surface area contributed by atoms with Crippen LogP contribution in [0.15, 0.2) is 12.7 Å². The third-order valence-corrected chi connectivity index (χ3v) is 3.16. The van der Waals surface area contributed by atoms with Gasteiger partial charge in [-0.3, -0.25) is 9.40 Å². The molecule has 0 amide bonds. The average molecular weight is 283 g/mol. The summed E-state index contributed by atoms with van der Waals surface area (Å²) in [7, 11) is 1.45. The summed E-state index contributed by atoms with van der Waals surface area (Å²) in [6, 6.07) is 0. The Kier molecular flexibility index (Phi) is 3.47. The van der Waals surface area contributed by atoms with E-state index >= 15 is 0 Å². The van der Waals surface area contributed by atoms with Gasteiger partial charge in [0.2, 0.25) is 0 Å². The number of anilines is 1. The molecule has 9 heteroatoms. The fourth-order valence-electron chi connectivity index (χ4n) is 2.27. The minimum Gasteiger partial charge on any atom is -0.394 e. The molecule has 1 aliphatic heterocycles. The van der Waals surface area contributed by atoms with Gasteiger partial charge in [-0.15, -0.1) is 0 Å². The molecule has 0 aromatic carbocycles. The van der Waals surface area contributed by atoms with Gasteiger partial charge in [-0.25, -0.2) is 24.8 Å². The Hall–Kier alpha value is -1.84. The van der Waals surface area contributed by atoms with Crippen molar-refractivity contribution < 1.29 is 19.1 Å². The lowest BCUT2D eigenvalue weighted by molar-refractivity contribution is -0.0351. The lowest BCUT2D eigenvalue weighted by atomic mass is 10.2. The standard InChI is InChI=1S/C11H14FN5O3/c1-19-16-9-8-10(14-4-13-9)17(5-15-8)11-7(12)2-6(3-18)20-11/h4-7,11,18H,2-3H2,1H3,(H,13,14,16)/t6-,7-,11+/m0/s1. The Bertz CT molecular complexity index is 607. The predicted molar refractivity (Wildman–Crippen MR) is 66.5 cm³/mol. The zero-order valence-corrected chi connectivity index (χ0v) is 10.7. The van der Waals surface area contributed by atoms with Gasteiger partial charge >= 0.3 is 0 Å². The molecule has 108 valence electrons. The topological polar surface area (TPSA) is 94.3 Å². The molecule has 2 N–H and O–H groups in total. The van der Waals surface area contributed by atoms with Crippen molar-refractivity contribution in [3.8, 4) is 0 Å². The van der Waals surface area contributed by atoms with Gasteiger partial charge in [0, 0.05) is 6.42 Å². The van der Waals surface area contributed by atoms with Gasteiger partial charge in [0.1, 0.15) is 12.5 Å². The van der Waals surface area contributed by atoms with Crippen LogP contribution >= 0.6 is 0 Å².